The molecule has 6 heteroatoms. The Bertz CT molecular complexity index is 862. The molecule has 0 bridgehead atoms. The molecule has 0 aliphatic rings. The summed E-state index contributed by atoms with van der Waals surface area (Å²) in [5.74, 6) is 0. The maximum absolute atomic E-state index is 12.0. The quantitative estimate of drug-likeness (QED) is 0.0387. The molecule has 0 heterocycles. The molecular formula is C42H77O2PS2Zn. The van der Waals surface area contributed by atoms with Gasteiger partial charge in [0.05, 0.1) is 0 Å². The molecule has 0 unspecified atom stereocenters. The molecule has 0 atom stereocenters. The first-order valence-electron chi connectivity index (χ1n) is 20.8. The van der Waals surface area contributed by atoms with E-state index in [0.717, 1.165) is 41.1 Å². The Kier molecular flexibility index (Phi) is 36.7. The van der Waals surface area contributed by atoms with Crippen LogP contribution in [0.2, 0.25) is 0 Å². The van der Waals surface area contributed by atoms with Gasteiger partial charge in [-0.05, 0) is 42.9 Å². The number of rotatable bonds is 36. The summed E-state index contributed by atoms with van der Waals surface area (Å²) in [6, 6.07) is 6.53. The van der Waals surface area contributed by atoms with E-state index in [1.54, 1.807) is 0 Å². The molecule has 0 spiro atoms. The average Bonchev–Trinajstić information content (AvgIpc) is 3.04. The van der Waals surface area contributed by atoms with Gasteiger partial charge >= 0.3 is 19.5 Å². The second-order valence-corrected chi connectivity index (χ2v) is 20.2. The molecule has 0 aliphatic heterocycles. The van der Waals surface area contributed by atoms with Crippen molar-refractivity contribution in [3.8, 4) is 0 Å². The molecule has 0 radical (unpaired) electrons. The standard InChI is InChI=1S/C42H79O2PS2.Zn/c1-3-5-7-9-11-13-15-17-19-21-23-25-27-29-31-33-35-40-37-38-41(42(39-40)47-45(43,44)46)36-34-32-30-28-26-24-22-20-18-16-14-12-10-8-6-4-2;/h37-39H,3-36H2,1-2H3,(H2,43,44,46);/q;+2/p-2. The van der Waals surface area contributed by atoms with Crippen molar-refractivity contribution in [1.29, 1.82) is 0 Å². The fraction of sp³-hybridized carbons (Fsp3) is 0.857. The molecule has 1 rings (SSSR count). The topological polar surface area (TPSA) is 46.1 Å². The van der Waals surface area contributed by atoms with Gasteiger partial charge in [0, 0.05) is 4.90 Å². The summed E-state index contributed by atoms with van der Waals surface area (Å²) >= 11 is 5.70. The summed E-state index contributed by atoms with van der Waals surface area (Å²) in [7, 11) is 0. The number of aryl methyl sites for hydroxylation is 2. The second kappa shape index (κ2) is 36.1. The molecule has 0 saturated heterocycles. The Hall–Kier alpha value is 0.763. The van der Waals surface area contributed by atoms with E-state index in [2.05, 4.69) is 32.0 Å². The van der Waals surface area contributed by atoms with Crippen LogP contribution in [0.1, 0.15) is 230 Å². The molecule has 0 aliphatic carbocycles. The summed E-state index contributed by atoms with van der Waals surface area (Å²) < 4.78 is 0. The summed E-state index contributed by atoms with van der Waals surface area (Å²) in [6.07, 6.45) is 46.0. The molecule has 1 aromatic carbocycles. The number of benzene rings is 1. The molecule has 0 fully saturated rings. The molecule has 0 amide bonds. The third-order valence-electron chi connectivity index (χ3n) is 9.96. The SMILES string of the molecule is CCCCCCCCCCCCCCCCCCc1ccc(CCCCCCCCCCCCCCCCCC)c(SP([O-])([O-])=S)c1.[Zn+2]. The van der Waals surface area contributed by atoms with Gasteiger partial charge in [-0.15, -0.1) is 23.2 Å². The van der Waals surface area contributed by atoms with Crippen molar-refractivity contribution >= 4 is 28.9 Å². The molecule has 0 aromatic heterocycles. The predicted molar refractivity (Wildman–Crippen MR) is 213 cm³/mol. The number of hydrogen-bond acceptors (Lipinski definition) is 4. The minimum atomic E-state index is -3.82. The van der Waals surface area contributed by atoms with Crippen molar-refractivity contribution in [2.24, 2.45) is 0 Å². The van der Waals surface area contributed by atoms with Crippen LogP contribution < -0.4 is 9.79 Å². The Morgan fingerprint density at radius 3 is 1.06 bits per heavy atom. The van der Waals surface area contributed by atoms with E-state index >= 15 is 0 Å². The Balaban J connectivity index is 0.0000221. The summed E-state index contributed by atoms with van der Waals surface area (Å²) in [6.45, 7) is 4.58. The van der Waals surface area contributed by atoms with E-state index in [9.17, 15) is 9.79 Å². The van der Waals surface area contributed by atoms with E-state index in [1.807, 2.05) is 0 Å². The fourth-order valence-electron chi connectivity index (χ4n) is 6.91. The van der Waals surface area contributed by atoms with Crippen LogP contribution in [0.25, 0.3) is 0 Å². The first-order valence-corrected chi connectivity index (χ1v) is 24.9. The first kappa shape index (κ1) is 48.8. The Morgan fingerprint density at radius 2 is 0.750 bits per heavy atom. The van der Waals surface area contributed by atoms with Gasteiger partial charge in [-0.1, -0.05) is 219 Å². The summed E-state index contributed by atoms with van der Waals surface area (Å²) in [5.41, 5.74) is -1.40. The maximum Gasteiger partial charge on any atom is 2.00 e. The van der Waals surface area contributed by atoms with Crippen molar-refractivity contribution in [2.45, 2.75) is 237 Å². The predicted octanol–water partition coefficient (Wildman–Crippen LogP) is 14.3. The van der Waals surface area contributed by atoms with Gasteiger partial charge in [0.1, 0.15) is 0 Å². The van der Waals surface area contributed by atoms with E-state index in [4.69, 9.17) is 11.8 Å². The minimum Gasteiger partial charge on any atom is -0.824 e. The van der Waals surface area contributed by atoms with Gasteiger partial charge < -0.3 is 9.79 Å². The van der Waals surface area contributed by atoms with Crippen LogP contribution in [0.4, 0.5) is 0 Å². The van der Waals surface area contributed by atoms with Crippen LogP contribution in [0, 0.1) is 0 Å². The summed E-state index contributed by atoms with van der Waals surface area (Å²) in [4.78, 5) is 24.9. The van der Waals surface area contributed by atoms with Crippen molar-refractivity contribution in [3.05, 3.63) is 29.3 Å². The summed E-state index contributed by atoms with van der Waals surface area (Å²) in [5, 5.41) is 0. The molecule has 0 saturated carbocycles. The van der Waals surface area contributed by atoms with Crippen molar-refractivity contribution in [3.63, 3.8) is 0 Å². The van der Waals surface area contributed by atoms with E-state index < -0.39 is 5.69 Å². The van der Waals surface area contributed by atoms with Gasteiger partial charge in [-0.25, -0.2) is 0 Å². The zero-order chi connectivity index (χ0) is 34.1. The van der Waals surface area contributed by atoms with Crippen LogP contribution in [-0.2, 0) is 44.1 Å². The average molecular weight is 775 g/mol. The maximum atomic E-state index is 12.0. The van der Waals surface area contributed by atoms with Crippen LogP contribution >= 0.6 is 17.1 Å². The van der Waals surface area contributed by atoms with Gasteiger partial charge in [0.15, 0.2) is 0 Å². The Labute approximate surface area is 322 Å². The molecule has 0 N–H and O–H groups in total. The van der Waals surface area contributed by atoms with Crippen molar-refractivity contribution < 1.29 is 29.3 Å². The van der Waals surface area contributed by atoms with E-state index in [1.165, 1.54) is 205 Å². The third kappa shape index (κ3) is 32.7. The molecular weight excluding hydrogens is 697 g/mol. The Morgan fingerprint density at radius 1 is 0.458 bits per heavy atom. The van der Waals surface area contributed by atoms with Crippen LogP contribution in [0.3, 0.4) is 0 Å². The third-order valence-corrected chi connectivity index (χ3v) is 12.7. The van der Waals surface area contributed by atoms with Gasteiger partial charge in [0.25, 0.3) is 0 Å². The number of hydrogen-bond donors (Lipinski definition) is 0. The van der Waals surface area contributed by atoms with E-state index in [-0.39, 0.29) is 19.5 Å². The van der Waals surface area contributed by atoms with Crippen molar-refractivity contribution in [2.75, 3.05) is 0 Å². The second-order valence-electron chi connectivity index (χ2n) is 14.6. The van der Waals surface area contributed by atoms with Gasteiger partial charge in [0.2, 0.25) is 0 Å². The van der Waals surface area contributed by atoms with Gasteiger partial charge in [-0.2, -0.15) is 5.69 Å². The first-order chi connectivity index (χ1) is 23.0. The number of unbranched alkanes of at least 4 members (excludes halogenated alkanes) is 30. The minimum absolute atomic E-state index is 0. The zero-order valence-corrected chi connectivity index (χ0v) is 37.6. The largest absolute Gasteiger partial charge is 2.00 e. The van der Waals surface area contributed by atoms with Crippen LogP contribution in [0.15, 0.2) is 23.1 Å². The van der Waals surface area contributed by atoms with Crippen molar-refractivity contribution in [1.82, 2.24) is 0 Å². The molecule has 1 aromatic rings. The fourth-order valence-corrected chi connectivity index (χ4v) is 9.59. The molecule has 2 nitrogen and oxygen atoms in total. The molecule has 276 valence electrons. The molecule has 48 heavy (non-hydrogen) atoms. The smallest absolute Gasteiger partial charge is 0.824 e. The van der Waals surface area contributed by atoms with Crippen LogP contribution in [0.5, 0.6) is 0 Å². The monoisotopic (exact) mass is 772 g/mol. The normalized spacial score (nSPS) is 11.7. The van der Waals surface area contributed by atoms with Crippen LogP contribution in [-0.4, -0.2) is 0 Å². The van der Waals surface area contributed by atoms with E-state index in [0.29, 0.717) is 0 Å². The van der Waals surface area contributed by atoms with Gasteiger partial charge in [-0.3, -0.25) is 0 Å². The zero-order valence-electron chi connectivity index (χ0n) is 32.1.